The van der Waals surface area contributed by atoms with Gasteiger partial charge >= 0.3 is 5.97 Å². The van der Waals surface area contributed by atoms with Crippen LogP contribution >= 0.6 is 23.2 Å². The van der Waals surface area contributed by atoms with Crippen molar-refractivity contribution >= 4 is 47.4 Å². The molecule has 0 saturated heterocycles. The molecule has 0 atom stereocenters. The number of amides is 1. The Balaban J connectivity index is 1.48. The summed E-state index contributed by atoms with van der Waals surface area (Å²) < 4.78 is 15.7. The SMILES string of the molecule is O=C(COc1ccc(Cl)cc1Cl)N/N=C/c1cccc(OC(=O)/C=C/c2ccco2)c1. The van der Waals surface area contributed by atoms with Crippen molar-refractivity contribution in [3.63, 3.8) is 0 Å². The highest BCUT2D eigenvalue weighted by Gasteiger charge is 2.06. The normalized spacial score (nSPS) is 11.0. The standard InChI is InChI=1S/C22H16Cl2N2O5/c23-16-6-8-20(19(24)12-16)30-14-21(27)26-25-13-15-3-1-4-18(11-15)31-22(28)9-7-17-5-2-10-29-17/h1-13H,14H2,(H,26,27)/b9-7+,25-13+. The van der Waals surface area contributed by atoms with E-state index in [-0.39, 0.29) is 6.61 Å². The molecular weight excluding hydrogens is 443 g/mol. The highest BCUT2D eigenvalue weighted by atomic mass is 35.5. The van der Waals surface area contributed by atoms with Crippen molar-refractivity contribution < 1.29 is 23.5 Å². The molecule has 1 aromatic heterocycles. The number of nitrogens with zero attached hydrogens (tertiary/aromatic N) is 1. The maximum Gasteiger partial charge on any atom is 0.336 e. The average molecular weight is 459 g/mol. The third kappa shape index (κ3) is 7.33. The minimum Gasteiger partial charge on any atom is -0.482 e. The summed E-state index contributed by atoms with van der Waals surface area (Å²) in [6.07, 6.45) is 5.67. The Morgan fingerprint density at radius 2 is 1.97 bits per heavy atom. The van der Waals surface area contributed by atoms with Crippen LogP contribution in [0.1, 0.15) is 11.3 Å². The van der Waals surface area contributed by atoms with Gasteiger partial charge in [-0.1, -0.05) is 35.3 Å². The number of hydrazone groups is 1. The second kappa shape index (κ2) is 11.0. The molecule has 0 saturated carbocycles. The molecule has 3 aromatic rings. The molecular formula is C22H16Cl2N2O5. The third-order valence-electron chi connectivity index (χ3n) is 3.66. The van der Waals surface area contributed by atoms with Gasteiger partial charge in [0.15, 0.2) is 6.61 Å². The van der Waals surface area contributed by atoms with Gasteiger partial charge in [-0.2, -0.15) is 5.10 Å². The number of furan rings is 1. The maximum absolute atomic E-state index is 11.9. The smallest absolute Gasteiger partial charge is 0.336 e. The molecule has 9 heteroatoms. The lowest BCUT2D eigenvalue weighted by molar-refractivity contribution is -0.129. The molecule has 158 valence electrons. The number of halogens is 2. The Morgan fingerprint density at radius 3 is 2.74 bits per heavy atom. The van der Waals surface area contributed by atoms with E-state index in [0.717, 1.165) is 0 Å². The zero-order valence-electron chi connectivity index (χ0n) is 16.0. The largest absolute Gasteiger partial charge is 0.482 e. The van der Waals surface area contributed by atoms with Gasteiger partial charge in [-0.15, -0.1) is 0 Å². The van der Waals surface area contributed by atoms with E-state index in [9.17, 15) is 9.59 Å². The van der Waals surface area contributed by atoms with Crippen molar-refractivity contribution in [2.45, 2.75) is 0 Å². The van der Waals surface area contributed by atoms with Crippen molar-refractivity contribution in [3.8, 4) is 11.5 Å². The quantitative estimate of drug-likeness (QED) is 0.173. The zero-order chi connectivity index (χ0) is 22.1. The monoisotopic (exact) mass is 458 g/mol. The first kappa shape index (κ1) is 22.1. The molecule has 31 heavy (non-hydrogen) atoms. The van der Waals surface area contributed by atoms with Crippen LogP contribution in [0.2, 0.25) is 10.0 Å². The molecule has 0 unspecified atom stereocenters. The molecule has 1 N–H and O–H groups in total. The lowest BCUT2D eigenvalue weighted by Crippen LogP contribution is -2.24. The van der Waals surface area contributed by atoms with Crippen LogP contribution in [0.3, 0.4) is 0 Å². The number of carbonyl (C=O) groups excluding carboxylic acids is 2. The second-order valence-electron chi connectivity index (χ2n) is 6.00. The van der Waals surface area contributed by atoms with Crippen molar-refractivity contribution in [2.75, 3.05) is 6.61 Å². The Labute approximate surface area is 187 Å². The summed E-state index contributed by atoms with van der Waals surface area (Å²) in [5.41, 5.74) is 2.95. The predicted molar refractivity (Wildman–Crippen MR) is 118 cm³/mol. The van der Waals surface area contributed by atoms with Crippen LogP contribution in [0.4, 0.5) is 0 Å². The first-order valence-electron chi connectivity index (χ1n) is 8.93. The maximum atomic E-state index is 11.9. The van der Waals surface area contributed by atoms with Gasteiger partial charge in [-0.25, -0.2) is 10.2 Å². The number of hydrogen-bond acceptors (Lipinski definition) is 6. The van der Waals surface area contributed by atoms with Crippen LogP contribution in [-0.2, 0) is 9.59 Å². The summed E-state index contributed by atoms with van der Waals surface area (Å²) in [6, 6.07) is 14.8. The third-order valence-corrected chi connectivity index (χ3v) is 4.19. The van der Waals surface area contributed by atoms with Crippen LogP contribution in [0.15, 0.2) is 76.5 Å². The summed E-state index contributed by atoms with van der Waals surface area (Å²) in [6.45, 7) is -0.279. The van der Waals surface area contributed by atoms with E-state index in [2.05, 4.69) is 10.5 Å². The van der Waals surface area contributed by atoms with Gasteiger partial charge in [0.25, 0.3) is 5.91 Å². The van der Waals surface area contributed by atoms with Crippen LogP contribution in [0.5, 0.6) is 11.5 Å². The number of hydrogen-bond donors (Lipinski definition) is 1. The molecule has 1 heterocycles. The molecule has 0 bridgehead atoms. The lowest BCUT2D eigenvalue weighted by Gasteiger charge is -2.07. The zero-order valence-corrected chi connectivity index (χ0v) is 17.5. The van der Waals surface area contributed by atoms with E-state index in [0.29, 0.717) is 32.9 Å². The van der Waals surface area contributed by atoms with Crippen molar-refractivity contribution in [2.24, 2.45) is 5.10 Å². The highest BCUT2D eigenvalue weighted by Crippen LogP contribution is 2.27. The molecule has 0 fully saturated rings. The van der Waals surface area contributed by atoms with Crippen LogP contribution in [0.25, 0.3) is 6.08 Å². The van der Waals surface area contributed by atoms with E-state index in [4.69, 9.17) is 37.1 Å². The Hall–Kier alpha value is -3.55. The summed E-state index contributed by atoms with van der Waals surface area (Å²) in [5.74, 6) is 0.159. The average Bonchev–Trinajstić information content (AvgIpc) is 3.26. The Kier molecular flexibility index (Phi) is 7.86. The summed E-state index contributed by atoms with van der Waals surface area (Å²) in [7, 11) is 0. The molecule has 0 radical (unpaired) electrons. The Morgan fingerprint density at radius 1 is 1.10 bits per heavy atom. The number of rotatable bonds is 8. The molecule has 0 spiro atoms. The highest BCUT2D eigenvalue weighted by molar-refractivity contribution is 6.35. The van der Waals surface area contributed by atoms with Gasteiger partial charge in [0.2, 0.25) is 0 Å². The summed E-state index contributed by atoms with van der Waals surface area (Å²) >= 11 is 11.8. The number of carbonyl (C=O) groups is 2. The van der Waals surface area contributed by atoms with Gasteiger partial charge in [0.05, 0.1) is 17.5 Å². The van der Waals surface area contributed by atoms with Crippen molar-refractivity contribution in [3.05, 3.63) is 88.3 Å². The number of benzene rings is 2. The second-order valence-corrected chi connectivity index (χ2v) is 6.84. The van der Waals surface area contributed by atoms with Crippen molar-refractivity contribution in [1.82, 2.24) is 5.43 Å². The molecule has 1 amide bonds. The lowest BCUT2D eigenvalue weighted by atomic mass is 10.2. The van der Waals surface area contributed by atoms with Crippen LogP contribution in [-0.4, -0.2) is 24.7 Å². The topological polar surface area (TPSA) is 90.1 Å². The minimum atomic E-state index is -0.559. The van der Waals surface area contributed by atoms with E-state index in [1.807, 2.05) is 0 Å². The first-order chi connectivity index (χ1) is 15.0. The molecule has 0 aliphatic heterocycles. The van der Waals surface area contributed by atoms with Gasteiger partial charge in [-0.3, -0.25) is 4.79 Å². The fourth-order valence-electron chi connectivity index (χ4n) is 2.29. The molecule has 7 nitrogen and oxygen atoms in total. The van der Waals surface area contributed by atoms with Crippen molar-refractivity contribution in [1.29, 1.82) is 0 Å². The van der Waals surface area contributed by atoms with Gasteiger partial charge < -0.3 is 13.9 Å². The first-order valence-corrected chi connectivity index (χ1v) is 9.68. The van der Waals surface area contributed by atoms with Gasteiger partial charge in [-0.05, 0) is 54.1 Å². The number of ether oxygens (including phenoxy) is 2. The van der Waals surface area contributed by atoms with E-state index < -0.39 is 11.9 Å². The van der Waals surface area contributed by atoms with Crippen LogP contribution < -0.4 is 14.9 Å². The number of esters is 1. The summed E-state index contributed by atoms with van der Waals surface area (Å²) in [5, 5.41) is 4.62. The molecule has 0 aliphatic carbocycles. The van der Waals surface area contributed by atoms with Crippen LogP contribution in [0, 0.1) is 0 Å². The number of nitrogens with one attached hydrogen (secondary N) is 1. The van der Waals surface area contributed by atoms with E-state index >= 15 is 0 Å². The molecule has 0 aliphatic rings. The summed E-state index contributed by atoms with van der Waals surface area (Å²) in [4.78, 5) is 23.7. The Bertz CT molecular complexity index is 1110. The van der Waals surface area contributed by atoms with Gasteiger partial charge in [0.1, 0.15) is 17.3 Å². The predicted octanol–water partition coefficient (Wildman–Crippen LogP) is 4.73. The fraction of sp³-hybridized carbons (Fsp3) is 0.0455. The fourth-order valence-corrected chi connectivity index (χ4v) is 2.75. The van der Waals surface area contributed by atoms with E-state index in [1.54, 1.807) is 48.5 Å². The minimum absolute atomic E-state index is 0.279. The molecule has 3 rings (SSSR count). The van der Waals surface area contributed by atoms with Gasteiger partial charge in [0, 0.05) is 11.1 Å². The molecule has 2 aromatic carbocycles. The van der Waals surface area contributed by atoms with E-state index in [1.165, 1.54) is 30.7 Å².